The summed E-state index contributed by atoms with van der Waals surface area (Å²) in [5.74, 6) is -1.50. The van der Waals surface area contributed by atoms with Gasteiger partial charge in [0, 0.05) is 65.8 Å². The number of benzene rings is 2. The van der Waals surface area contributed by atoms with Crippen molar-refractivity contribution in [1.29, 1.82) is 0 Å². The largest absolute Gasteiger partial charge is 0.390 e. The van der Waals surface area contributed by atoms with Crippen molar-refractivity contribution in [1.82, 2.24) is 9.88 Å². The molecule has 1 aromatic heterocycles. The van der Waals surface area contributed by atoms with E-state index >= 15 is 0 Å². The highest BCUT2D eigenvalue weighted by atomic mass is 35.5. The van der Waals surface area contributed by atoms with Crippen LogP contribution in [0.4, 0.5) is 8.78 Å². The molecule has 3 aromatic rings. The van der Waals surface area contributed by atoms with Gasteiger partial charge in [0.05, 0.1) is 5.60 Å². The highest BCUT2D eigenvalue weighted by Crippen LogP contribution is 2.44. The summed E-state index contributed by atoms with van der Waals surface area (Å²) >= 11 is 7.36. The number of halogens is 3. The van der Waals surface area contributed by atoms with Crippen molar-refractivity contribution in [2.75, 3.05) is 13.1 Å². The Bertz CT molecular complexity index is 1470. The number of carbonyl (C=O) groups is 2. The SMILES string of the molecule is CC1(O)CCC(N2CC(CC(=O)CC(C)(C)c3cccc(Cl)c3)(CC(=O)c3csc(-c4ccc(F)cc4F)n3)C2)CC1. The van der Waals surface area contributed by atoms with Gasteiger partial charge >= 0.3 is 0 Å². The molecule has 1 saturated carbocycles. The lowest BCUT2D eigenvalue weighted by Gasteiger charge is -2.55. The molecule has 0 spiro atoms. The maximum Gasteiger partial charge on any atom is 0.182 e. The summed E-state index contributed by atoms with van der Waals surface area (Å²) in [6.07, 6.45) is 3.97. The second kappa shape index (κ2) is 11.9. The molecule has 0 atom stereocenters. The topological polar surface area (TPSA) is 70.5 Å². The summed E-state index contributed by atoms with van der Waals surface area (Å²) in [4.78, 5) is 33.9. The van der Waals surface area contributed by atoms with Gasteiger partial charge in [0.2, 0.25) is 0 Å². The molecule has 0 radical (unpaired) electrons. The van der Waals surface area contributed by atoms with Crippen LogP contribution in [0.5, 0.6) is 0 Å². The second-order valence-electron chi connectivity index (χ2n) is 13.2. The average molecular weight is 615 g/mol. The number of aromatic nitrogens is 1. The number of carbonyl (C=O) groups excluding carboxylic acids is 2. The molecule has 5 rings (SSSR count). The summed E-state index contributed by atoms with van der Waals surface area (Å²) in [7, 11) is 0. The van der Waals surface area contributed by atoms with Gasteiger partial charge in [-0.1, -0.05) is 37.6 Å². The monoisotopic (exact) mass is 614 g/mol. The third-order valence-corrected chi connectivity index (χ3v) is 10.0. The summed E-state index contributed by atoms with van der Waals surface area (Å²) in [6.45, 7) is 7.18. The summed E-state index contributed by atoms with van der Waals surface area (Å²) in [6, 6.07) is 11.2. The van der Waals surface area contributed by atoms with E-state index < -0.39 is 28.1 Å². The van der Waals surface area contributed by atoms with Crippen LogP contribution in [0.25, 0.3) is 10.6 Å². The molecule has 224 valence electrons. The highest BCUT2D eigenvalue weighted by molar-refractivity contribution is 7.13. The minimum absolute atomic E-state index is 0.0892. The minimum atomic E-state index is -0.728. The molecular weight excluding hydrogens is 578 g/mol. The van der Waals surface area contributed by atoms with E-state index in [0.29, 0.717) is 35.6 Å². The average Bonchev–Trinajstić information content (AvgIpc) is 3.37. The first-order chi connectivity index (χ1) is 19.7. The van der Waals surface area contributed by atoms with Crippen LogP contribution in [0.15, 0.2) is 47.8 Å². The molecule has 2 aromatic carbocycles. The first-order valence-electron chi connectivity index (χ1n) is 14.4. The molecule has 1 aliphatic carbocycles. The van der Waals surface area contributed by atoms with Crippen molar-refractivity contribution in [3.05, 3.63) is 75.8 Å². The van der Waals surface area contributed by atoms with Crippen molar-refractivity contribution in [2.45, 2.75) is 82.8 Å². The van der Waals surface area contributed by atoms with Gasteiger partial charge < -0.3 is 5.11 Å². The molecule has 0 unspecified atom stereocenters. The Morgan fingerprint density at radius 1 is 1.12 bits per heavy atom. The van der Waals surface area contributed by atoms with Crippen molar-refractivity contribution < 1.29 is 23.5 Å². The van der Waals surface area contributed by atoms with Crippen LogP contribution in [0.2, 0.25) is 5.02 Å². The summed E-state index contributed by atoms with van der Waals surface area (Å²) in [5, 5.41) is 12.9. The molecule has 2 heterocycles. The number of ketones is 2. The van der Waals surface area contributed by atoms with Crippen LogP contribution >= 0.6 is 22.9 Å². The van der Waals surface area contributed by atoms with Gasteiger partial charge in [-0.15, -0.1) is 11.3 Å². The summed E-state index contributed by atoms with van der Waals surface area (Å²) < 4.78 is 27.7. The standard InChI is InChI=1S/C33H37ClF2N2O3S/c1-31(2,21-5-4-6-22(34)13-21)15-25(39)16-33(19-38(20-33)24-9-11-32(3,41)12-10-24)17-29(40)28-18-42-30(37-28)26-8-7-23(35)14-27(26)36/h4-8,13-14,18,24,41H,9-12,15-17,19-20H2,1-3H3. The van der Waals surface area contributed by atoms with Crippen LogP contribution < -0.4 is 0 Å². The molecule has 42 heavy (non-hydrogen) atoms. The lowest BCUT2D eigenvalue weighted by atomic mass is 9.68. The Morgan fingerprint density at radius 3 is 2.50 bits per heavy atom. The second-order valence-corrected chi connectivity index (χ2v) is 14.5. The van der Waals surface area contributed by atoms with Gasteiger partial charge in [-0.05, 0) is 67.9 Å². The maximum atomic E-state index is 14.3. The molecule has 2 aliphatic rings. The molecule has 1 aliphatic heterocycles. The normalized spacial score (nSPS) is 22.5. The number of aliphatic hydroxyl groups is 1. The molecule has 0 amide bonds. The first-order valence-corrected chi connectivity index (χ1v) is 15.7. The van der Waals surface area contributed by atoms with Crippen LogP contribution in [0.1, 0.15) is 81.8 Å². The fourth-order valence-electron chi connectivity index (χ4n) is 6.55. The van der Waals surface area contributed by atoms with E-state index in [1.807, 2.05) is 45.0 Å². The zero-order valence-electron chi connectivity index (χ0n) is 24.3. The van der Waals surface area contributed by atoms with E-state index in [9.17, 15) is 23.5 Å². The molecule has 5 nitrogen and oxygen atoms in total. The summed E-state index contributed by atoms with van der Waals surface area (Å²) in [5.41, 5.74) is -0.213. The fraction of sp³-hybridized carbons (Fsp3) is 0.485. The molecule has 2 fully saturated rings. The molecule has 9 heteroatoms. The van der Waals surface area contributed by atoms with Gasteiger partial charge in [-0.3, -0.25) is 14.5 Å². The number of rotatable bonds is 10. The van der Waals surface area contributed by atoms with Crippen LogP contribution in [0.3, 0.4) is 0 Å². The molecule has 0 bridgehead atoms. The number of thiazole rings is 1. The zero-order valence-corrected chi connectivity index (χ0v) is 25.8. The van der Waals surface area contributed by atoms with E-state index in [-0.39, 0.29) is 35.7 Å². The van der Waals surface area contributed by atoms with Crippen LogP contribution in [-0.4, -0.2) is 51.3 Å². The number of likely N-dealkylation sites (tertiary alicyclic amines) is 1. The van der Waals surface area contributed by atoms with E-state index in [1.54, 1.807) is 5.38 Å². The number of hydrogen-bond donors (Lipinski definition) is 1. The van der Waals surface area contributed by atoms with Gasteiger partial charge in [-0.25, -0.2) is 13.8 Å². The quantitative estimate of drug-likeness (QED) is 0.238. The Kier molecular flexibility index (Phi) is 8.74. The van der Waals surface area contributed by atoms with Gasteiger partial charge in [0.15, 0.2) is 5.78 Å². The zero-order chi connectivity index (χ0) is 30.3. The Balaban J connectivity index is 1.31. The third kappa shape index (κ3) is 6.99. The number of nitrogens with zero attached hydrogens (tertiary/aromatic N) is 2. The Morgan fingerprint density at radius 2 is 1.83 bits per heavy atom. The maximum absolute atomic E-state index is 14.3. The van der Waals surface area contributed by atoms with Gasteiger partial charge in [-0.2, -0.15) is 0 Å². The predicted molar refractivity (Wildman–Crippen MR) is 162 cm³/mol. The first kappa shape index (κ1) is 30.9. The molecule has 1 saturated heterocycles. The highest BCUT2D eigenvalue weighted by Gasteiger charge is 2.49. The minimum Gasteiger partial charge on any atom is -0.390 e. The van der Waals surface area contributed by atoms with Crippen molar-refractivity contribution in [3.8, 4) is 10.6 Å². The predicted octanol–water partition coefficient (Wildman–Crippen LogP) is 7.64. The fourth-order valence-corrected chi connectivity index (χ4v) is 7.60. The van der Waals surface area contributed by atoms with E-state index in [1.165, 1.54) is 12.1 Å². The Labute approximate surface area is 254 Å². The van der Waals surface area contributed by atoms with Crippen molar-refractivity contribution in [2.24, 2.45) is 5.41 Å². The lowest BCUT2D eigenvalue weighted by Crippen LogP contribution is -2.62. The van der Waals surface area contributed by atoms with E-state index in [0.717, 1.165) is 48.6 Å². The van der Waals surface area contributed by atoms with E-state index in [2.05, 4.69) is 9.88 Å². The van der Waals surface area contributed by atoms with Crippen molar-refractivity contribution in [3.63, 3.8) is 0 Å². The van der Waals surface area contributed by atoms with Crippen LogP contribution in [-0.2, 0) is 10.2 Å². The molecular formula is C33H37ClF2N2O3S. The van der Waals surface area contributed by atoms with Crippen LogP contribution in [0, 0.1) is 17.0 Å². The van der Waals surface area contributed by atoms with E-state index in [4.69, 9.17) is 11.6 Å². The lowest BCUT2D eigenvalue weighted by molar-refractivity contribution is -0.128. The Hall–Kier alpha value is -2.52. The van der Waals surface area contributed by atoms with Gasteiger partial charge in [0.1, 0.15) is 28.1 Å². The van der Waals surface area contributed by atoms with Gasteiger partial charge in [0.25, 0.3) is 0 Å². The third-order valence-electron chi connectivity index (χ3n) is 8.93. The number of Topliss-reactive ketones (excluding diaryl/α,β-unsaturated/α-hetero) is 2. The molecule has 1 N–H and O–H groups in total. The van der Waals surface area contributed by atoms with Crippen molar-refractivity contribution >= 4 is 34.5 Å². The smallest absolute Gasteiger partial charge is 0.182 e. The number of hydrogen-bond acceptors (Lipinski definition) is 6.